The quantitative estimate of drug-likeness (QED) is 0.809. The van der Waals surface area contributed by atoms with Gasteiger partial charge in [-0.25, -0.2) is 9.18 Å². The van der Waals surface area contributed by atoms with Gasteiger partial charge in [-0.2, -0.15) is 0 Å². The number of hydrogen-bond acceptors (Lipinski definition) is 4. The molecule has 0 bridgehead atoms. The summed E-state index contributed by atoms with van der Waals surface area (Å²) in [4.78, 5) is 16.7. The van der Waals surface area contributed by atoms with Crippen molar-refractivity contribution in [2.45, 2.75) is 18.4 Å². The molecule has 0 amide bonds. The molecule has 2 atom stereocenters. The first-order chi connectivity index (χ1) is 11.6. The summed E-state index contributed by atoms with van der Waals surface area (Å²) >= 11 is 0. The maximum absolute atomic E-state index is 13.1. The third-order valence-electron chi connectivity index (χ3n) is 4.25. The second kappa shape index (κ2) is 6.83. The fourth-order valence-corrected chi connectivity index (χ4v) is 2.95. The predicted molar refractivity (Wildman–Crippen MR) is 89.1 cm³/mol. The van der Waals surface area contributed by atoms with Crippen molar-refractivity contribution < 1.29 is 18.7 Å². The van der Waals surface area contributed by atoms with E-state index in [4.69, 9.17) is 9.47 Å². The van der Waals surface area contributed by atoms with Gasteiger partial charge in [0.05, 0.1) is 14.2 Å². The van der Waals surface area contributed by atoms with E-state index in [-0.39, 0.29) is 17.7 Å². The smallest absolute Gasteiger partial charge is 0.331 e. The molecular formula is C19H18FNO3. The fourth-order valence-electron chi connectivity index (χ4n) is 2.95. The van der Waals surface area contributed by atoms with Crippen LogP contribution in [0, 0.1) is 5.82 Å². The van der Waals surface area contributed by atoms with Crippen LogP contribution in [0.2, 0.25) is 0 Å². The fraction of sp³-hybridized carbons (Fsp3) is 0.263. The van der Waals surface area contributed by atoms with Crippen LogP contribution in [0.15, 0.2) is 53.5 Å². The van der Waals surface area contributed by atoms with Crippen LogP contribution in [0.3, 0.4) is 0 Å². The molecule has 0 aromatic heterocycles. The van der Waals surface area contributed by atoms with E-state index in [0.717, 1.165) is 22.6 Å². The molecule has 2 aromatic carbocycles. The van der Waals surface area contributed by atoms with Crippen molar-refractivity contribution in [3.8, 4) is 5.75 Å². The number of carbonyl (C=O) groups excluding carboxylic acids is 1. The summed E-state index contributed by atoms with van der Waals surface area (Å²) in [5.74, 6) is -0.0176. The van der Waals surface area contributed by atoms with E-state index in [0.29, 0.717) is 6.42 Å². The molecule has 0 fully saturated rings. The molecule has 1 heterocycles. The Morgan fingerprint density at radius 2 is 1.75 bits per heavy atom. The van der Waals surface area contributed by atoms with Gasteiger partial charge in [0, 0.05) is 11.6 Å². The third-order valence-corrected chi connectivity index (χ3v) is 4.25. The van der Waals surface area contributed by atoms with Gasteiger partial charge in [-0.1, -0.05) is 24.3 Å². The Hall–Kier alpha value is -2.69. The average molecular weight is 327 g/mol. The topological polar surface area (TPSA) is 47.9 Å². The van der Waals surface area contributed by atoms with Crippen molar-refractivity contribution >= 4 is 11.7 Å². The summed E-state index contributed by atoms with van der Waals surface area (Å²) in [6, 6.07) is 13.1. The third kappa shape index (κ3) is 3.15. The van der Waals surface area contributed by atoms with E-state index in [1.54, 1.807) is 19.2 Å². The lowest BCUT2D eigenvalue weighted by atomic mass is 9.89. The average Bonchev–Trinajstić information content (AvgIpc) is 3.07. The number of benzene rings is 2. The minimum atomic E-state index is -0.594. The van der Waals surface area contributed by atoms with Gasteiger partial charge in [-0.15, -0.1) is 0 Å². The number of esters is 1. The van der Waals surface area contributed by atoms with Crippen LogP contribution in [-0.4, -0.2) is 31.9 Å². The number of ether oxygens (including phenoxy) is 2. The maximum atomic E-state index is 13.1. The number of nitrogens with zero attached hydrogens (tertiary/aromatic N) is 1. The van der Waals surface area contributed by atoms with Crippen molar-refractivity contribution in [3.63, 3.8) is 0 Å². The normalized spacial score (nSPS) is 19.7. The van der Waals surface area contributed by atoms with E-state index in [1.165, 1.54) is 19.2 Å². The SMILES string of the molecule is COC(=O)[C@@H]1N=C(c2ccc(F)cc2)C[C@@H]1c1ccc(OC)cc1. The minimum Gasteiger partial charge on any atom is -0.497 e. The Bertz CT molecular complexity index is 753. The molecule has 124 valence electrons. The van der Waals surface area contributed by atoms with Crippen LogP contribution in [0.1, 0.15) is 23.5 Å². The van der Waals surface area contributed by atoms with Gasteiger partial charge in [0.2, 0.25) is 0 Å². The van der Waals surface area contributed by atoms with Crippen molar-refractivity contribution in [1.82, 2.24) is 0 Å². The van der Waals surface area contributed by atoms with Gasteiger partial charge in [0.25, 0.3) is 0 Å². The highest BCUT2D eigenvalue weighted by atomic mass is 19.1. The highest BCUT2D eigenvalue weighted by molar-refractivity contribution is 6.04. The van der Waals surface area contributed by atoms with Crippen LogP contribution in [-0.2, 0) is 9.53 Å². The van der Waals surface area contributed by atoms with Crippen molar-refractivity contribution in [2.75, 3.05) is 14.2 Å². The maximum Gasteiger partial charge on any atom is 0.331 e. The second-order valence-corrected chi connectivity index (χ2v) is 5.63. The number of hydrogen-bond donors (Lipinski definition) is 0. The first kappa shape index (κ1) is 16.2. The van der Waals surface area contributed by atoms with Gasteiger partial charge < -0.3 is 9.47 Å². The van der Waals surface area contributed by atoms with Crippen LogP contribution in [0.25, 0.3) is 0 Å². The highest BCUT2D eigenvalue weighted by Crippen LogP contribution is 2.35. The first-order valence-corrected chi connectivity index (χ1v) is 7.66. The largest absolute Gasteiger partial charge is 0.497 e. The van der Waals surface area contributed by atoms with E-state index >= 15 is 0 Å². The molecule has 0 spiro atoms. The Labute approximate surface area is 139 Å². The number of rotatable bonds is 4. The molecule has 5 heteroatoms. The van der Waals surface area contributed by atoms with E-state index in [9.17, 15) is 9.18 Å². The summed E-state index contributed by atoms with van der Waals surface area (Å²) in [5.41, 5.74) is 2.60. The van der Waals surface area contributed by atoms with Gasteiger partial charge in [-0.05, 0) is 41.8 Å². The van der Waals surface area contributed by atoms with E-state index < -0.39 is 6.04 Å². The van der Waals surface area contributed by atoms with Gasteiger partial charge >= 0.3 is 5.97 Å². The molecule has 24 heavy (non-hydrogen) atoms. The van der Waals surface area contributed by atoms with Crippen molar-refractivity contribution in [1.29, 1.82) is 0 Å². The summed E-state index contributed by atoms with van der Waals surface area (Å²) < 4.78 is 23.2. The number of aliphatic imine (C=N–C) groups is 1. The first-order valence-electron chi connectivity index (χ1n) is 7.66. The summed E-state index contributed by atoms with van der Waals surface area (Å²) in [6.45, 7) is 0. The van der Waals surface area contributed by atoms with Gasteiger partial charge in [-0.3, -0.25) is 4.99 Å². The molecule has 2 aromatic rings. The molecule has 0 aliphatic carbocycles. The monoisotopic (exact) mass is 327 g/mol. The van der Waals surface area contributed by atoms with Crippen molar-refractivity contribution in [2.24, 2.45) is 4.99 Å². The predicted octanol–water partition coefficient (Wildman–Crippen LogP) is 3.35. The van der Waals surface area contributed by atoms with Crippen LogP contribution >= 0.6 is 0 Å². The standard InChI is InChI=1S/C19H18FNO3/c1-23-15-9-5-12(6-10-15)16-11-17(21-18(16)19(22)24-2)13-3-7-14(20)8-4-13/h3-10,16,18H,11H2,1-2H3/t16-,18-/m1/s1. The van der Waals surface area contributed by atoms with E-state index in [1.807, 2.05) is 24.3 Å². The Balaban J connectivity index is 1.91. The zero-order valence-corrected chi connectivity index (χ0v) is 13.5. The lowest BCUT2D eigenvalue weighted by molar-refractivity contribution is -0.142. The molecule has 4 nitrogen and oxygen atoms in total. The summed E-state index contributed by atoms with van der Waals surface area (Å²) in [7, 11) is 2.97. The molecule has 1 aliphatic heterocycles. The number of methoxy groups -OCH3 is 2. The van der Waals surface area contributed by atoms with E-state index in [2.05, 4.69) is 4.99 Å². The molecule has 0 unspecified atom stereocenters. The zero-order chi connectivity index (χ0) is 17.1. The Kier molecular flexibility index (Phi) is 4.60. The second-order valence-electron chi connectivity index (χ2n) is 5.63. The van der Waals surface area contributed by atoms with Crippen molar-refractivity contribution in [3.05, 3.63) is 65.5 Å². The minimum absolute atomic E-state index is 0.108. The molecular weight excluding hydrogens is 309 g/mol. The summed E-state index contributed by atoms with van der Waals surface area (Å²) in [5, 5.41) is 0. The van der Waals surface area contributed by atoms with Gasteiger partial charge in [0.1, 0.15) is 11.6 Å². The summed E-state index contributed by atoms with van der Waals surface area (Å²) in [6.07, 6.45) is 0.595. The lowest BCUT2D eigenvalue weighted by Gasteiger charge is -2.16. The van der Waals surface area contributed by atoms with Crippen LogP contribution < -0.4 is 4.74 Å². The molecule has 0 saturated carbocycles. The van der Waals surface area contributed by atoms with Crippen LogP contribution in [0.5, 0.6) is 5.75 Å². The van der Waals surface area contributed by atoms with Crippen LogP contribution in [0.4, 0.5) is 4.39 Å². The highest BCUT2D eigenvalue weighted by Gasteiger charge is 2.36. The zero-order valence-electron chi connectivity index (χ0n) is 13.5. The molecule has 0 saturated heterocycles. The molecule has 1 aliphatic rings. The molecule has 0 N–H and O–H groups in total. The van der Waals surface area contributed by atoms with Gasteiger partial charge in [0.15, 0.2) is 6.04 Å². The number of carbonyl (C=O) groups is 1. The Morgan fingerprint density at radius 3 is 2.33 bits per heavy atom. The Morgan fingerprint density at radius 1 is 1.08 bits per heavy atom. The molecule has 3 rings (SSSR count). The molecule has 0 radical (unpaired) electrons. The number of halogens is 1. The lowest BCUT2D eigenvalue weighted by Crippen LogP contribution is -2.24.